The average Bonchev–Trinajstić information content (AvgIpc) is 2.28. The second-order valence-electron chi connectivity index (χ2n) is 2.71. The molecule has 11 heavy (non-hydrogen) atoms. The zero-order valence-electron chi connectivity index (χ0n) is 6.66. The van der Waals surface area contributed by atoms with Crippen LogP contribution in [0.1, 0.15) is 0 Å². The molecule has 0 aromatic carbocycles. The molecule has 1 saturated heterocycles. The molecule has 1 rings (SSSR count). The lowest BCUT2D eigenvalue weighted by Gasteiger charge is -2.14. The van der Waals surface area contributed by atoms with Gasteiger partial charge in [0.25, 0.3) is 0 Å². The number of hydrogen-bond acceptors (Lipinski definition) is 3. The maximum absolute atomic E-state index is 13.1. The molecule has 3 nitrogen and oxygen atoms in total. The van der Waals surface area contributed by atoms with Gasteiger partial charge in [-0.1, -0.05) is 0 Å². The van der Waals surface area contributed by atoms with Gasteiger partial charge in [-0.3, -0.25) is 0 Å². The number of aliphatic hydroxyl groups excluding tert-OH is 1. The molecule has 5 heteroatoms. The van der Waals surface area contributed by atoms with Crippen molar-refractivity contribution in [3.8, 4) is 0 Å². The van der Waals surface area contributed by atoms with E-state index in [2.05, 4.69) is 0 Å². The third kappa shape index (κ3) is 1.55. The van der Waals surface area contributed by atoms with Crippen LogP contribution < -0.4 is 0 Å². The van der Waals surface area contributed by atoms with Crippen LogP contribution in [-0.2, 0) is 9.47 Å². The summed E-state index contributed by atoms with van der Waals surface area (Å²) < 4.78 is 23.0. The van der Waals surface area contributed by atoms with Crippen LogP contribution in [-0.4, -0.2) is 51.1 Å². The predicted molar refractivity (Wildman–Crippen MR) is 40.0 cm³/mol. The molecule has 1 heterocycles. The van der Waals surface area contributed by atoms with Crippen molar-refractivity contribution in [2.75, 3.05) is 13.7 Å². The molecule has 0 aromatic heterocycles. The van der Waals surface area contributed by atoms with Gasteiger partial charge in [0, 0.05) is 7.11 Å². The maximum atomic E-state index is 13.1. The van der Waals surface area contributed by atoms with E-state index < -0.39 is 24.4 Å². The maximum Gasteiger partial charge on any atom is 0.147 e. The summed E-state index contributed by atoms with van der Waals surface area (Å²) in [7, 11) is 3.05. The summed E-state index contributed by atoms with van der Waals surface area (Å²) in [5, 5.41) is 8.73. The second-order valence-corrected chi connectivity index (χ2v) is 2.71. The third-order valence-electron chi connectivity index (χ3n) is 1.97. The molecule has 0 aromatic rings. The van der Waals surface area contributed by atoms with Gasteiger partial charge >= 0.3 is 0 Å². The van der Waals surface area contributed by atoms with E-state index in [4.69, 9.17) is 14.6 Å². The number of aliphatic hydroxyl groups is 1. The largest absolute Gasteiger partial charge is 0.394 e. The monoisotopic (exact) mass is 162 g/mol. The lowest BCUT2D eigenvalue weighted by Crippen LogP contribution is -2.33. The van der Waals surface area contributed by atoms with Gasteiger partial charge in [-0.25, -0.2) is 4.39 Å². The SMILES string of the molecule is B[C@@H]1O[C@H](CO)C(OC)C1F. The quantitative estimate of drug-likeness (QED) is 0.512. The van der Waals surface area contributed by atoms with Gasteiger partial charge in [0.2, 0.25) is 0 Å². The molecule has 0 saturated carbocycles. The van der Waals surface area contributed by atoms with Crippen LogP contribution in [0.2, 0.25) is 0 Å². The van der Waals surface area contributed by atoms with Gasteiger partial charge in [0.15, 0.2) is 0 Å². The predicted octanol–water partition coefficient (Wildman–Crippen LogP) is -1.31. The first-order valence-electron chi connectivity index (χ1n) is 3.64. The van der Waals surface area contributed by atoms with Crippen molar-refractivity contribution >= 4 is 7.85 Å². The minimum atomic E-state index is -1.13. The third-order valence-corrected chi connectivity index (χ3v) is 1.97. The first-order valence-corrected chi connectivity index (χ1v) is 3.64. The number of methoxy groups -OCH3 is 1. The summed E-state index contributed by atoms with van der Waals surface area (Å²) in [4.78, 5) is 0. The van der Waals surface area contributed by atoms with Crippen LogP contribution in [0, 0.1) is 0 Å². The highest BCUT2D eigenvalue weighted by Gasteiger charge is 2.42. The van der Waals surface area contributed by atoms with E-state index in [1.165, 1.54) is 7.11 Å². The summed E-state index contributed by atoms with van der Waals surface area (Å²) in [6, 6.07) is -0.475. The molecule has 0 radical (unpaired) electrons. The summed E-state index contributed by atoms with van der Waals surface area (Å²) in [5.41, 5.74) is 0. The Morgan fingerprint density at radius 2 is 2.36 bits per heavy atom. The van der Waals surface area contributed by atoms with E-state index in [1.807, 2.05) is 0 Å². The normalized spacial score (nSPS) is 44.6. The highest BCUT2D eigenvalue weighted by Crippen LogP contribution is 2.23. The van der Waals surface area contributed by atoms with Crippen molar-refractivity contribution in [3.63, 3.8) is 0 Å². The molecule has 0 bridgehead atoms. The zero-order chi connectivity index (χ0) is 8.43. The highest BCUT2D eigenvalue weighted by atomic mass is 19.1. The van der Waals surface area contributed by atoms with Crippen LogP contribution in [0.3, 0.4) is 0 Å². The Bertz CT molecular complexity index is 135. The summed E-state index contributed by atoms with van der Waals surface area (Å²) in [5.74, 6) is 0. The summed E-state index contributed by atoms with van der Waals surface area (Å²) >= 11 is 0. The van der Waals surface area contributed by atoms with E-state index in [-0.39, 0.29) is 6.61 Å². The van der Waals surface area contributed by atoms with Crippen LogP contribution in [0.15, 0.2) is 0 Å². The van der Waals surface area contributed by atoms with Gasteiger partial charge in [-0.15, -0.1) is 0 Å². The molecule has 1 N–H and O–H groups in total. The Hall–Kier alpha value is -0.125. The van der Waals surface area contributed by atoms with Gasteiger partial charge < -0.3 is 14.6 Å². The van der Waals surface area contributed by atoms with E-state index in [1.54, 1.807) is 7.85 Å². The highest BCUT2D eigenvalue weighted by molar-refractivity contribution is 6.11. The summed E-state index contributed by atoms with van der Waals surface area (Å²) in [6.07, 6.45) is -2.25. The molecule has 0 spiro atoms. The molecule has 1 fully saturated rings. The first-order chi connectivity index (χ1) is 5.20. The number of hydrogen-bond donors (Lipinski definition) is 1. The minimum Gasteiger partial charge on any atom is -0.394 e. The molecule has 2 unspecified atom stereocenters. The van der Waals surface area contributed by atoms with Crippen molar-refractivity contribution < 1.29 is 19.0 Å². The zero-order valence-corrected chi connectivity index (χ0v) is 6.66. The van der Waals surface area contributed by atoms with Crippen molar-refractivity contribution in [1.29, 1.82) is 0 Å². The first kappa shape index (κ1) is 8.97. The Kier molecular flexibility index (Phi) is 2.87. The smallest absolute Gasteiger partial charge is 0.147 e. The van der Waals surface area contributed by atoms with E-state index in [0.717, 1.165) is 0 Å². The van der Waals surface area contributed by atoms with Gasteiger partial charge in [-0.2, -0.15) is 0 Å². The fraction of sp³-hybridized carbons (Fsp3) is 1.00. The Morgan fingerprint density at radius 1 is 1.73 bits per heavy atom. The summed E-state index contributed by atoms with van der Waals surface area (Å²) in [6.45, 7) is -0.191. The van der Waals surface area contributed by atoms with Crippen molar-refractivity contribution in [1.82, 2.24) is 0 Å². The molecule has 1 aliphatic rings. The Morgan fingerprint density at radius 3 is 2.73 bits per heavy atom. The molecule has 4 atom stereocenters. The average molecular weight is 162 g/mol. The van der Waals surface area contributed by atoms with Crippen LogP contribution in [0.4, 0.5) is 4.39 Å². The number of halogens is 1. The van der Waals surface area contributed by atoms with Gasteiger partial charge in [0.1, 0.15) is 26.2 Å². The molecule has 1 aliphatic heterocycles. The van der Waals surface area contributed by atoms with Crippen LogP contribution in [0.5, 0.6) is 0 Å². The fourth-order valence-corrected chi connectivity index (χ4v) is 1.33. The lowest BCUT2D eigenvalue weighted by molar-refractivity contribution is -0.0248. The minimum absolute atomic E-state index is 0.191. The Labute approximate surface area is 65.9 Å². The second kappa shape index (κ2) is 3.52. The standard InChI is InChI=1S/C6H12BFO3/c1-10-5-3(2-9)11-6(7)4(5)8/h3-6,9H,2,7H2,1H3/t3-,4?,5?,6-/m1/s1. The van der Waals surface area contributed by atoms with Gasteiger partial charge in [-0.05, 0) is 0 Å². The number of rotatable bonds is 2. The van der Waals surface area contributed by atoms with Crippen molar-refractivity contribution in [2.45, 2.75) is 24.4 Å². The molecule has 0 aliphatic carbocycles. The van der Waals surface area contributed by atoms with E-state index in [9.17, 15) is 4.39 Å². The molecule has 64 valence electrons. The lowest BCUT2D eigenvalue weighted by atomic mass is 9.94. The number of alkyl halides is 1. The van der Waals surface area contributed by atoms with E-state index in [0.29, 0.717) is 0 Å². The topological polar surface area (TPSA) is 38.7 Å². The fourth-order valence-electron chi connectivity index (χ4n) is 1.33. The number of ether oxygens (including phenoxy) is 2. The Balaban J connectivity index is 2.57. The van der Waals surface area contributed by atoms with Crippen molar-refractivity contribution in [3.05, 3.63) is 0 Å². The van der Waals surface area contributed by atoms with Crippen LogP contribution >= 0.6 is 0 Å². The molecule has 0 amide bonds. The molecular weight excluding hydrogens is 150 g/mol. The molecular formula is C6H12BFO3. The van der Waals surface area contributed by atoms with E-state index >= 15 is 0 Å². The van der Waals surface area contributed by atoms with Gasteiger partial charge in [0.05, 0.1) is 12.6 Å². The van der Waals surface area contributed by atoms with Crippen molar-refractivity contribution in [2.24, 2.45) is 0 Å². The van der Waals surface area contributed by atoms with Crippen LogP contribution in [0.25, 0.3) is 0 Å².